The van der Waals surface area contributed by atoms with Crippen molar-refractivity contribution in [3.05, 3.63) is 5.82 Å². The minimum atomic E-state index is 0.321. The number of nitrogens with one attached hydrogen (secondary N) is 1. The Kier molecular flexibility index (Phi) is 5.25. The molecule has 2 aliphatic rings. The second kappa shape index (κ2) is 7.37. The first-order chi connectivity index (χ1) is 10.7. The highest BCUT2D eigenvalue weighted by Crippen LogP contribution is 2.20. The summed E-state index contributed by atoms with van der Waals surface area (Å²) in [6.07, 6.45) is 3.96. The quantitative estimate of drug-likeness (QED) is 0.904. The molecular weight excluding hydrogens is 298 g/mol. The number of anilines is 1. The Labute approximate surface area is 136 Å². The highest BCUT2D eigenvalue weighted by atomic mass is 32.1. The summed E-state index contributed by atoms with van der Waals surface area (Å²) in [5, 5.41) is 4.36. The molecule has 3 rings (SSSR count). The van der Waals surface area contributed by atoms with Crippen molar-refractivity contribution in [3.63, 3.8) is 0 Å². The fourth-order valence-electron chi connectivity index (χ4n) is 3.22. The van der Waals surface area contributed by atoms with Crippen molar-refractivity contribution >= 4 is 22.6 Å². The Balaban J connectivity index is 1.48. The first kappa shape index (κ1) is 15.7. The topological polar surface area (TPSA) is 61.4 Å². The molecule has 0 aromatic carbocycles. The van der Waals surface area contributed by atoms with E-state index in [-0.39, 0.29) is 0 Å². The molecule has 1 atom stereocenters. The van der Waals surface area contributed by atoms with E-state index in [4.69, 9.17) is 0 Å². The van der Waals surface area contributed by atoms with Gasteiger partial charge in [-0.15, -0.1) is 0 Å². The molecule has 2 saturated heterocycles. The van der Waals surface area contributed by atoms with Crippen LogP contribution in [0.15, 0.2) is 0 Å². The van der Waals surface area contributed by atoms with Crippen molar-refractivity contribution < 1.29 is 4.79 Å². The minimum absolute atomic E-state index is 0.321. The molecule has 6 nitrogen and oxygen atoms in total. The lowest BCUT2D eigenvalue weighted by Gasteiger charge is -2.22. The maximum absolute atomic E-state index is 12.4. The molecule has 0 bridgehead atoms. The number of carbonyl (C=O) groups excluding carboxylic acids is 1. The van der Waals surface area contributed by atoms with Gasteiger partial charge in [-0.1, -0.05) is 0 Å². The van der Waals surface area contributed by atoms with Crippen molar-refractivity contribution in [2.45, 2.75) is 32.6 Å². The van der Waals surface area contributed by atoms with E-state index in [1.165, 1.54) is 18.0 Å². The van der Waals surface area contributed by atoms with Crippen molar-refractivity contribution in [1.82, 2.24) is 19.6 Å². The molecule has 3 heterocycles. The summed E-state index contributed by atoms with van der Waals surface area (Å²) in [5.74, 6) is 1.85. The number of aryl methyl sites for hydroxylation is 1. The Morgan fingerprint density at radius 1 is 1.36 bits per heavy atom. The molecule has 0 aliphatic carbocycles. The van der Waals surface area contributed by atoms with Gasteiger partial charge in [0.05, 0.1) is 0 Å². The highest BCUT2D eigenvalue weighted by molar-refractivity contribution is 7.09. The van der Waals surface area contributed by atoms with Crippen LogP contribution in [-0.4, -0.2) is 59.4 Å². The minimum Gasteiger partial charge on any atom is -0.345 e. The molecule has 2 aliphatic heterocycles. The SMILES string of the molecule is Cc1nsc(N2CCCN(C(=O)CCC3CCNC3)CC2)n1. The standard InChI is InChI=1S/C15H25N5OS/c1-12-17-15(22-18-12)20-8-2-7-19(9-10-20)14(21)4-3-13-5-6-16-11-13/h13,16H,2-11H2,1H3. The molecule has 7 heteroatoms. The summed E-state index contributed by atoms with van der Waals surface area (Å²) < 4.78 is 4.25. The number of rotatable bonds is 4. The fraction of sp³-hybridized carbons (Fsp3) is 0.800. The van der Waals surface area contributed by atoms with Crippen LogP contribution in [0.2, 0.25) is 0 Å². The van der Waals surface area contributed by atoms with E-state index in [0.717, 1.165) is 63.1 Å². The van der Waals surface area contributed by atoms with E-state index in [1.807, 2.05) is 11.8 Å². The van der Waals surface area contributed by atoms with Gasteiger partial charge in [0.2, 0.25) is 11.0 Å². The van der Waals surface area contributed by atoms with Crippen LogP contribution in [0.1, 0.15) is 31.5 Å². The second-order valence-electron chi connectivity index (χ2n) is 6.24. The van der Waals surface area contributed by atoms with E-state index in [1.54, 1.807) is 0 Å². The highest BCUT2D eigenvalue weighted by Gasteiger charge is 2.22. The lowest BCUT2D eigenvalue weighted by molar-refractivity contribution is -0.131. The predicted molar refractivity (Wildman–Crippen MR) is 88.3 cm³/mol. The maximum Gasteiger partial charge on any atom is 0.222 e. The van der Waals surface area contributed by atoms with Crippen molar-refractivity contribution in [1.29, 1.82) is 0 Å². The van der Waals surface area contributed by atoms with Crippen LogP contribution < -0.4 is 10.2 Å². The van der Waals surface area contributed by atoms with Gasteiger partial charge >= 0.3 is 0 Å². The first-order valence-corrected chi connectivity index (χ1v) is 9.03. The molecule has 1 aromatic heterocycles. The van der Waals surface area contributed by atoms with Gasteiger partial charge in [0.1, 0.15) is 5.82 Å². The molecular formula is C15H25N5OS. The summed E-state index contributed by atoms with van der Waals surface area (Å²) in [7, 11) is 0. The van der Waals surface area contributed by atoms with Gasteiger partial charge in [0, 0.05) is 44.1 Å². The maximum atomic E-state index is 12.4. The van der Waals surface area contributed by atoms with Crippen molar-refractivity contribution in [3.8, 4) is 0 Å². The Morgan fingerprint density at radius 3 is 3.00 bits per heavy atom. The molecule has 1 N–H and O–H groups in total. The molecule has 122 valence electrons. The van der Waals surface area contributed by atoms with Crippen LogP contribution in [-0.2, 0) is 4.79 Å². The average Bonchev–Trinajstić information content (AvgIpc) is 3.11. The zero-order valence-electron chi connectivity index (χ0n) is 13.3. The lowest BCUT2D eigenvalue weighted by atomic mass is 10.0. The van der Waals surface area contributed by atoms with Gasteiger partial charge in [-0.25, -0.2) is 4.98 Å². The zero-order chi connectivity index (χ0) is 15.4. The molecule has 22 heavy (non-hydrogen) atoms. The van der Waals surface area contributed by atoms with E-state index in [0.29, 0.717) is 18.2 Å². The van der Waals surface area contributed by atoms with Crippen LogP contribution in [0, 0.1) is 12.8 Å². The Hall–Kier alpha value is -1.21. The van der Waals surface area contributed by atoms with Gasteiger partial charge < -0.3 is 15.1 Å². The lowest BCUT2D eigenvalue weighted by Crippen LogP contribution is -2.35. The summed E-state index contributed by atoms with van der Waals surface area (Å²) in [4.78, 5) is 21.2. The van der Waals surface area contributed by atoms with Crippen LogP contribution in [0.4, 0.5) is 5.13 Å². The monoisotopic (exact) mass is 323 g/mol. The molecule has 1 aromatic rings. The van der Waals surface area contributed by atoms with Crippen molar-refractivity contribution in [2.75, 3.05) is 44.2 Å². The van der Waals surface area contributed by atoms with Gasteiger partial charge in [-0.05, 0) is 45.2 Å². The third-order valence-electron chi connectivity index (χ3n) is 4.56. The van der Waals surface area contributed by atoms with Crippen LogP contribution >= 0.6 is 11.5 Å². The molecule has 0 saturated carbocycles. The van der Waals surface area contributed by atoms with Gasteiger partial charge in [-0.3, -0.25) is 4.79 Å². The van der Waals surface area contributed by atoms with Gasteiger partial charge in [0.15, 0.2) is 0 Å². The normalized spacial score (nSPS) is 22.9. The number of carbonyl (C=O) groups is 1. The number of amides is 1. The smallest absolute Gasteiger partial charge is 0.222 e. The summed E-state index contributed by atoms with van der Waals surface area (Å²) >= 11 is 1.46. The third-order valence-corrected chi connectivity index (χ3v) is 5.43. The van der Waals surface area contributed by atoms with Gasteiger partial charge in [0.25, 0.3) is 0 Å². The number of nitrogens with zero attached hydrogens (tertiary/aromatic N) is 4. The van der Waals surface area contributed by atoms with E-state index in [2.05, 4.69) is 19.6 Å². The van der Waals surface area contributed by atoms with Crippen LogP contribution in [0.25, 0.3) is 0 Å². The summed E-state index contributed by atoms with van der Waals surface area (Å²) in [5.41, 5.74) is 0. The second-order valence-corrected chi connectivity index (χ2v) is 6.97. The summed E-state index contributed by atoms with van der Waals surface area (Å²) in [6.45, 7) is 7.62. The first-order valence-electron chi connectivity index (χ1n) is 8.26. The van der Waals surface area contributed by atoms with E-state index >= 15 is 0 Å². The van der Waals surface area contributed by atoms with Crippen LogP contribution in [0.5, 0.6) is 0 Å². The number of hydrogen-bond acceptors (Lipinski definition) is 6. The number of aromatic nitrogens is 2. The molecule has 2 fully saturated rings. The third kappa shape index (κ3) is 3.95. The molecule has 1 amide bonds. The molecule has 0 radical (unpaired) electrons. The van der Waals surface area contributed by atoms with E-state index in [9.17, 15) is 4.79 Å². The van der Waals surface area contributed by atoms with Crippen molar-refractivity contribution in [2.24, 2.45) is 5.92 Å². The summed E-state index contributed by atoms with van der Waals surface area (Å²) in [6, 6.07) is 0. The Bertz CT molecular complexity index is 500. The zero-order valence-corrected chi connectivity index (χ0v) is 14.1. The Morgan fingerprint density at radius 2 is 2.27 bits per heavy atom. The van der Waals surface area contributed by atoms with E-state index < -0.39 is 0 Å². The fourth-order valence-corrected chi connectivity index (χ4v) is 3.94. The average molecular weight is 323 g/mol. The molecule has 0 spiro atoms. The number of hydrogen-bond donors (Lipinski definition) is 1. The predicted octanol–water partition coefficient (Wildman–Crippen LogP) is 1.27. The van der Waals surface area contributed by atoms with Gasteiger partial charge in [-0.2, -0.15) is 4.37 Å². The molecule has 1 unspecified atom stereocenters. The largest absolute Gasteiger partial charge is 0.345 e. The van der Waals surface area contributed by atoms with Crippen LogP contribution in [0.3, 0.4) is 0 Å².